The lowest BCUT2D eigenvalue weighted by atomic mass is 10.1. The van der Waals surface area contributed by atoms with E-state index in [2.05, 4.69) is 10.3 Å². The van der Waals surface area contributed by atoms with E-state index in [0.717, 1.165) is 0 Å². The summed E-state index contributed by atoms with van der Waals surface area (Å²) < 4.78 is 26.3. The fourth-order valence-electron chi connectivity index (χ4n) is 2.23. The zero-order valence-corrected chi connectivity index (χ0v) is 11.7. The van der Waals surface area contributed by atoms with Gasteiger partial charge in [0.25, 0.3) is 5.91 Å². The Balaban J connectivity index is 2.01. The number of aryl methyl sites for hydroxylation is 1. The molecule has 110 valence electrons. The molecule has 22 heavy (non-hydrogen) atoms. The SMILES string of the molecule is Cc1cc(NC(=O)c2ccc(F)cc2)c2cc(F)ccc2n1. The summed E-state index contributed by atoms with van der Waals surface area (Å²) in [6, 6.07) is 11.1. The smallest absolute Gasteiger partial charge is 0.255 e. The average molecular weight is 298 g/mol. The van der Waals surface area contributed by atoms with E-state index < -0.39 is 17.5 Å². The van der Waals surface area contributed by atoms with E-state index in [1.807, 2.05) is 0 Å². The Hall–Kier alpha value is -2.82. The largest absolute Gasteiger partial charge is 0.321 e. The standard InChI is InChI=1S/C17H12F2N2O/c1-10-8-16(14-9-13(19)6-7-15(14)20-10)21-17(22)11-2-4-12(18)5-3-11/h2-9H,1H3,(H,20,21,22). The van der Waals surface area contributed by atoms with Crippen LogP contribution in [0.3, 0.4) is 0 Å². The highest BCUT2D eigenvalue weighted by Gasteiger charge is 2.10. The molecule has 5 heteroatoms. The molecule has 1 aromatic heterocycles. The maximum Gasteiger partial charge on any atom is 0.255 e. The molecule has 0 aliphatic heterocycles. The number of nitrogens with zero attached hydrogens (tertiary/aromatic N) is 1. The second kappa shape index (κ2) is 5.52. The summed E-state index contributed by atoms with van der Waals surface area (Å²) in [4.78, 5) is 16.5. The number of pyridine rings is 1. The zero-order valence-electron chi connectivity index (χ0n) is 11.7. The van der Waals surface area contributed by atoms with E-state index >= 15 is 0 Å². The van der Waals surface area contributed by atoms with Gasteiger partial charge in [0.15, 0.2) is 0 Å². The molecule has 3 rings (SSSR count). The highest BCUT2D eigenvalue weighted by molar-refractivity contribution is 6.08. The molecule has 0 saturated carbocycles. The number of rotatable bonds is 2. The molecule has 1 amide bonds. The second-order valence-electron chi connectivity index (χ2n) is 4.93. The topological polar surface area (TPSA) is 42.0 Å². The first-order chi connectivity index (χ1) is 10.5. The average Bonchev–Trinajstić information content (AvgIpc) is 2.48. The van der Waals surface area contributed by atoms with Crippen LogP contribution in [0.25, 0.3) is 10.9 Å². The maximum absolute atomic E-state index is 13.4. The molecule has 1 N–H and O–H groups in total. The van der Waals surface area contributed by atoms with Gasteiger partial charge in [0.1, 0.15) is 11.6 Å². The number of hydrogen-bond acceptors (Lipinski definition) is 2. The minimum atomic E-state index is -0.413. The van der Waals surface area contributed by atoms with Gasteiger partial charge in [-0.25, -0.2) is 8.78 Å². The van der Waals surface area contributed by atoms with Crippen LogP contribution < -0.4 is 5.32 Å². The summed E-state index contributed by atoms with van der Waals surface area (Å²) in [6.45, 7) is 1.79. The molecule has 3 nitrogen and oxygen atoms in total. The molecule has 0 aliphatic carbocycles. The normalized spacial score (nSPS) is 10.7. The lowest BCUT2D eigenvalue weighted by Gasteiger charge is -2.10. The monoisotopic (exact) mass is 298 g/mol. The zero-order chi connectivity index (χ0) is 15.7. The third kappa shape index (κ3) is 2.79. The lowest BCUT2D eigenvalue weighted by Crippen LogP contribution is -2.12. The van der Waals surface area contributed by atoms with Gasteiger partial charge in [0.05, 0.1) is 11.2 Å². The van der Waals surface area contributed by atoms with Crippen LogP contribution in [0.5, 0.6) is 0 Å². The molecule has 0 unspecified atom stereocenters. The minimum Gasteiger partial charge on any atom is -0.321 e. The molecule has 0 atom stereocenters. The van der Waals surface area contributed by atoms with Crippen molar-refractivity contribution in [3.8, 4) is 0 Å². The Morgan fingerprint density at radius 3 is 2.41 bits per heavy atom. The van der Waals surface area contributed by atoms with Crippen molar-refractivity contribution >= 4 is 22.5 Å². The van der Waals surface area contributed by atoms with Gasteiger partial charge in [0, 0.05) is 16.6 Å². The molecule has 0 spiro atoms. The Bertz CT molecular complexity index is 860. The molecule has 0 fully saturated rings. The van der Waals surface area contributed by atoms with Gasteiger partial charge in [-0.3, -0.25) is 9.78 Å². The van der Waals surface area contributed by atoms with Crippen LogP contribution in [0, 0.1) is 18.6 Å². The summed E-state index contributed by atoms with van der Waals surface area (Å²) >= 11 is 0. The van der Waals surface area contributed by atoms with Crippen LogP contribution in [0.2, 0.25) is 0 Å². The summed E-state index contributed by atoms with van der Waals surface area (Å²) in [6.07, 6.45) is 0. The molecule has 0 aliphatic rings. The first kappa shape index (κ1) is 14.1. The molecular formula is C17H12F2N2O. The second-order valence-corrected chi connectivity index (χ2v) is 4.93. The van der Waals surface area contributed by atoms with Crippen molar-refractivity contribution in [2.45, 2.75) is 6.92 Å². The number of benzene rings is 2. The van der Waals surface area contributed by atoms with Crippen LogP contribution in [0.1, 0.15) is 16.1 Å². The van der Waals surface area contributed by atoms with E-state index in [0.29, 0.717) is 27.8 Å². The first-order valence-corrected chi connectivity index (χ1v) is 6.67. The van der Waals surface area contributed by atoms with E-state index in [9.17, 15) is 13.6 Å². The lowest BCUT2D eigenvalue weighted by molar-refractivity contribution is 0.102. The van der Waals surface area contributed by atoms with Crippen molar-refractivity contribution in [1.29, 1.82) is 0 Å². The van der Waals surface area contributed by atoms with E-state index in [4.69, 9.17) is 0 Å². The maximum atomic E-state index is 13.4. The van der Waals surface area contributed by atoms with Crippen LogP contribution in [-0.2, 0) is 0 Å². The van der Waals surface area contributed by atoms with Gasteiger partial charge < -0.3 is 5.32 Å². The number of halogens is 2. The van der Waals surface area contributed by atoms with Crippen molar-refractivity contribution in [3.63, 3.8) is 0 Å². The van der Waals surface area contributed by atoms with Crippen LogP contribution in [0.4, 0.5) is 14.5 Å². The Morgan fingerprint density at radius 1 is 1.00 bits per heavy atom. The van der Waals surface area contributed by atoms with Crippen molar-refractivity contribution in [1.82, 2.24) is 4.98 Å². The molecule has 2 aromatic carbocycles. The molecule has 0 saturated heterocycles. The van der Waals surface area contributed by atoms with Gasteiger partial charge in [-0.05, 0) is 55.5 Å². The Kier molecular flexibility index (Phi) is 3.55. The predicted octanol–water partition coefficient (Wildman–Crippen LogP) is 4.07. The fraction of sp³-hybridized carbons (Fsp3) is 0.0588. The number of hydrogen-bond donors (Lipinski definition) is 1. The Labute approximate surface area is 125 Å². The van der Waals surface area contributed by atoms with Crippen LogP contribution >= 0.6 is 0 Å². The summed E-state index contributed by atoms with van der Waals surface area (Å²) in [5.41, 5.74) is 2.08. The number of anilines is 1. The van der Waals surface area contributed by atoms with Gasteiger partial charge in [-0.1, -0.05) is 0 Å². The number of amides is 1. The molecule has 0 bridgehead atoms. The highest BCUT2D eigenvalue weighted by atomic mass is 19.1. The molecule has 3 aromatic rings. The summed E-state index contributed by atoms with van der Waals surface area (Å²) in [7, 11) is 0. The van der Waals surface area contributed by atoms with E-state index in [-0.39, 0.29) is 0 Å². The molecule has 0 radical (unpaired) electrons. The number of fused-ring (bicyclic) bond motifs is 1. The van der Waals surface area contributed by atoms with Crippen molar-refractivity contribution in [2.75, 3.05) is 5.32 Å². The van der Waals surface area contributed by atoms with Gasteiger partial charge in [-0.15, -0.1) is 0 Å². The van der Waals surface area contributed by atoms with Crippen molar-refractivity contribution < 1.29 is 13.6 Å². The van der Waals surface area contributed by atoms with Crippen molar-refractivity contribution in [3.05, 3.63) is 71.4 Å². The van der Waals surface area contributed by atoms with Gasteiger partial charge >= 0.3 is 0 Å². The van der Waals surface area contributed by atoms with Gasteiger partial charge in [-0.2, -0.15) is 0 Å². The number of carbonyl (C=O) groups excluding carboxylic acids is 1. The first-order valence-electron chi connectivity index (χ1n) is 6.67. The van der Waals surface area contributed by atoms with Crippen molar-refractivity contribution in [2.24, 2.45) is 0 Å². The number of aromatic nitrogens is 1. The van der Waals surface area contributed by atoms with Crippen LogP contribution in [0.15, 0.2) is 48.5 Å². The van der Waals surface area contributed by atoms with E-state index in [1.54, 1.807) is 19.1 Å². The quantitative estimate of drug-likeness (QED) is 0.774. The summed E-state index contributed by atoms with van der Waals surface area (Å²) in [5.74, 6) is -1.21. The van der Waals surface area contributed by atoms with Crippen LogP contribution in [-0.4, -0.2) is 10.9 Å². The predicted molar refractivity (Wildman–Crippen MR) is 80.8 cm³/mol. The van der Waals surface area contributed by atoms with Gasteiger partial charge in [0.2, 0.25) is 0 Å². The summed E-state index contributed by atoms with van der Waals surface area (Å²) in [5, 5.41) is 3.24. The fourth-order valence-corrected chi connectivity index (χ4v) is 2.23. The Morgan fingerprint density at radius 2 is 1.68 bits per heavy atom. The third-order valence-corrected chi connectivity index (χ3v) is 3.25. The molecule has 1 heterocycles. The number of carbonyl (C=O) groups is 1. The third-order valence-electron chi connectivity index (χ3n) is 3.25. The molecular weight excluding hydrogens is 286 g/mol. The highest BCUT2D eigenvalue weighted by Crippen LogP contribution is 2.24. The minimum absolute atomic E-state index is 0.320. The van der Waals surface area contributed by atoms with E-state index in [1.165, 1.54) is 36.4 Å². The number of nitrogens with one attached hydrogen (secondary N) is 1.